The van der Waals surface area contributed by atoms with Gasteiger partial charge in [-0.25, -0.2) is 0 Å². The van der Waals surface area contributed by atoms with Gasteiger partial charge in [0.15, 0.2) is 5.78 Å². The molecule has 0 saturated carbocycles. The number of aromatic nitrogens is 1. The smallest absolute Gasteiger partial charge is 0.224 e. The van der Waals surface area contributed by atoms with Gasteiger partial charge in [-0.3, -0.25) is 14.6 Å². The van der Waals surface area contributed by atoms with Gasteiger partial charge in [-0.1, -0.05) is 25.1 Å². The van der Waals surface area contributed by atoms with Crippen LogP contribution in [0.3, 0.4) is 0 Å². The molecule has 132 valence electrons. The third-order valence-electron chi connectivity index (χ3n) is 3.94. The van der Waals surface area contributed by atoms with Crippen LogP contribution in [0.1, 0.15) is 30.1 Å². The number of para-hydroxylation sites is 1. The second-order valence-electron chi connectivity index (χ2n) is 5.91. The van der Waals surface area contributed by atoms with Gasteiger partial charge in [0.2, 0.25) is 5.91 Å². The molecule has 0 spiro atoms. The first-order chi connectivity index (χ1) is 12.7. The number of benzene rings is 2. The number of hydrogen-bond donors (Lipinski definition) is 1. The number of thioether (sulfide) groups is 1. The van der Waals surface area contributed by atoms with E-state index < -0.39 is 0 Å². The number of Topliss-reactive ketones (excluding diaryl/α,β-unsaturated/α-hetero) is 1. The molecule has 2 aromatic carbocycles. The molecule has 5 heteroatoms. The molecule has 1 amide bonds. The number of hydrogen-bond acceptors (Lipinski definition) is 4. The molecule has 3 rings (SSSR count). The summed E-state index contributed by atoms with van der Waals surface area (Å²) in [4.78, 5) is 29.5. The number of pyridine rings is 1. The maximum absolute atomic E-state index is 12.5. The minimum Gasteiger partial charge on any atom is -0.326 e. The van der Waals surface area contributed by atoms with E-state index >= 15 is 0 Å². The SMILES string of the molecule is CCCC(=O)Nc1ccc(C(=O)CSc2ccnc3ccccc23)cc1. The summed E-state index contributed by atoms with van der Waals surface area (Å²) >= 11 is 1.52. The van der Waals surface area contributed by atoms with Crippen LogP contribution in [-0.4, -0.2) is 22.4 Å². The van der Waals surface area contributed by atoms with Gasteiger partial charge in [0.05, 0.1) is 11.3 Å². The number of ketones is 1. The second kappa shape index (κ2) is 8.63. The number of carbonyl (C=O) groups excluding carboxylic acids is 2. The lowest BCUT2D eigenvalue weighted by atomic mass is 10.1. The van der Waals surface area contributed by atoms with E-state index in [-0.39, 0.29) is 11.7 Å². The molecule has 0 saturated heterocycles. The Morgan fingerprint density at radius 3 is 2.58 bits per heavy atom. The Kier molecular flexibility index (Phi) is 6.02. The van der Waals surface area contributed by atoms with Gasteiger partial charge < -0.3 is 5.32 Å². The molecule has 0 bridgehead atoms. The summed E-state index contributed by atoms with van der Waals surface area (Å²) in [7, 11) is 0. The third kappa shape index (κ3) is 4.49. The summed E-state index contributed by atoms with van der Waals surface area (Å²) in [6.45, 7) is 1.96. The van der Waals surface area contributed by atoms with Crippen LogP contribution in [0.5, 0.6) is 0 Å². The molecule has 0 radical (unpaired) electrons. The molecule has 0 aliphatic rings. The molecule has 1 aromatic heterocycles. The Labute approximate surface area is 157 Å². The van der Waals surface area contributed by atoms with Gasteiger partial charge in [-0.05, 0) is 42.8 Å². The van der Waals surface area contributed by atoms with Crippen molar-refractivity contribution in [2.75, 3.05) is 11.1 Å². The average Bonchev–Trinajstić information content (AvgIpc) is 2.67. The largest absolute Gasteiger partial charge is 0.326 e. The highest BCUT2D eigenvalue weighted by Gasteiger charge is 2.09. The highest BCUT2D eigenvalue weighted by Crippen LogP contribution is 2.27. The summed E-state index contributed by atoms with van der Waals surface area (Å²) in [5, 5.41) is 3.88. The van der Waals surface area contributed by atoms with E-state index in [0.717, 1.165) is 22.2 Å². The molecule has 26 heavy (non-hydrogen) atoms. The molecule has 0 fully saturated rings. The van der Waals surface area contributed by atoms with Gasteiger partial charge >= 0.3 is 0 Å². The maximum atomic E-state index is 12.5. The maximum Gasteiger partial charge on any atom is 0.224 e. The summed E-state index contributed by atoms with van der Waals surface area (Å²) in [5.41, 5.74) is 2.29. The van der Waals surface area contributed by atoms with E-state index in [9.17, 15) is 9.59 Å². The van der Waals surface area contributed by atoms with E-state index in [4.69, 9.17) is 0 Å². The lowest BCUT2D eigenvalue weighted by Gasteiger charge is -2.07. The molecule has 0 aliphatic heterocycles. The fourth-order valence-corrected chi connectivity index (χ4v) is 3.55. The van der Waals surface area contributed by atoms with Gasteiger partial charge in [0, 0.05) is 34.2 Å². The summed E-state index contributed by atoms with van der Waals surface area (Å²) in [6.07, 6.45) is 3.07. The van der Waals surface area contributed by atoms with Crippen molar-refractivity contribution < 1.29 is 9.59 Å². The van der Waals surface area contributed by atoms with Gasteiger partial charge in [-0.2, -0.15) is 0 Å². The van der Waals surface area contributed by atoms with Crippen LogP contribution in [0.25, 0.3) is 10.9 Å². The Hall–Kier alpha value is -2.66. The molecule has 0 atom stereocenters. The Morgan fingerprint density at radius 1 is 1.04 bits per heavy atom. The summed E-state index contributed by atoms with van der Waals surface area (Å²) in [6, 6.07) is 16.9. The molecule has 1 N–H and O–H groups in total. The zero-order valence-corrected chi connectivity index (χ0v) is 15.4. The first-order valence-corrected chi connectivity index (χ1v) is 9.55. The minimum absolute atomic E-state index is 0.00769. The van der Waals surface area contributed by atoms with Crippen LogP contribution in [-0.2, 0) is 4.79 Å². The second-order valence-corrected chi connectivity index (χ2v) is 6.93. The van der Waals surface area contributed by atoms with Crippen LogP contribution in [0.4, 0.5) is 5.69 Å². The van der Waals surface area contributed by atoms with Crippen molar-refractivity contribution in [1.29, 1.82) is 0 Å². The van der Waals surface area contributed by atoms with Crippen molar-refractivity contribution in [3.8, 4) is 0 Å². The number of amides is 1. The predicted molar refractivity (Wildman–Crippen MR) is 107 cm³/mol. The number of anilines is 1. The highest BCUT2D eigenvalue weighted by atomic mass is 32.2. The number of fused-ring (bicyclic) bond motifs is 1. The van der Waals surface area contributed by atoms with Gasteiger partial charge in [0.1, 0.15) is 0 Å². The molecule has 4 nitrogen and oxygen atoms in total. The molecule has 1 heterocycles. The fraction of sp³-hybridized carbons (Fsp3) is 0.190. The van der Waals surface area contributed by atoms with Crippen molar-refractivity contribution in [2.45, 2.75) is 24.7 Å². The number of rotatable bonds is 7. The Balaban J connectivity index is 1.64. The monoisotopic (exact) mass is 364 g/mol. The fourth-order valence-electron chi connectivity index (χ4n) is 2.61. The van der Waals surface area contributed by atoms with Gasteiger partial charge in [-0.15, -0.1) is 11.8 Å². The van der Waals surface area contributed by atoms with Crippen LogP contribution in [0.2, 0.25) is 0 Å². The zero-order valence-electron chi connectivity index (χ0n) is 14.6. The van der Waals surface area contributed by atoms with Crippen LogP contribution in [0, 0.1) is 0 Å². The highest BCUT2D eigenvalue weighted by molar-refractivity contribution is 8.00. The molecule has 0 unspecified atom stereocenters. The first-order valence-electron chi connectivity index (χ1n) is 8.57. The van der Waals surface area contributed by atoms with Crippen LogP contribution < -0.4 is 5.32 Å². The predicted octanol–water partition coefficient (Wildman–Crippen LogP) is 4.95. The van der Waals surface area contributed by atoms with E-state index in [0.29, 0.717) is 23.4 Å². The van der Waals surface area contributed by atoms with Crippen molar-refractivity contribution in [1.82, 2.24) is 4.98 Å². The number of nitrogens with one attached hydrogen (secondary N) is 1. The number of carbonyl (C=O) groups is 2. The average molecular weight is 364 g/mol. The summed E-state index contributed by atoms with van der Waals surface area (Å²) < 4.78 is 0. The number of nitrogens with zero attached hydrogens (tertiary/aromatic N) is 1. The van der Waals surface area contributed by atoms with E-state index in [1.165, 1.54) is 11.8 Å². The van der Waals surface area contributed by atoms with Crippen molar-refractivity contribution in [3.63, 3.8) is 0 Å². The minimum atomic E-state index is -0.00769. The molecule has 3 aromatic rings. The molecular formula is C21H20N2O2S. The van der Waals surface area contributed by atoms with Crippen molar-refractivity contribution in [2.24, 2.45) is 0 Å². The quantitative estimate of drug-likeness (QED) is 0.476. The van der Waals surface area contributed by atoms with Crippen molar-refractivity contribution >= 4 is 40.0 Å². The summed E-state index contributed by atoms with van der Waals surface area (Å²) in [5.74, 6) is 0.407. The van der Waals surface area contributed by atoms with Crippen LogP contribution in [0.15, 0.2) is 65.7 Å². The van der Waals surface area contributed by atoms with E-state index in [2.05, 4.69) is 10.3 Å². The third-order valence-corrected chi connectivity index (χ3v) is 5.01. The lowest BCUT2D eigenvalue weighted by Crippen LogP contribution is -2.10. The van der Waals surface area contributed by atoms with Crippen LogP contribution >= 0.6 is 11.8 Å². The van der Waals surface area contributed by atoms with Gasteiger partial charge in [0.25, 0.3) is 0 Å². The zero-order chi connectivity index (χ0) is 18.4. The normalized spacial score (nSPS) is 10.7. The lowest BCUT2D eigenvalue weighted by molar-refractivity contribution is -0.116. The molecular weight excluding hydrogens is 344 g/mol. The standard InChI is InChI=1S/C21H20N2O2S/c1-2-5-21(25)23-16-10-8-15(9-11-16)19(24)14-26-20-12-13-22-18-7-4-3-6-17(18)20/h3-4,6-13H,2,5,14H2,1H3,(H,23,25). The first kappa shape index (κ1) is 18.1. The van der Waals surface area contributed by atoms with E-state index in [1.54, 1.807) is 30.5 Å². The Bertz CT molecular complexity index is 917. The Morgan fingerprint density at radius 2 is 1.81 bits per heavy atom. The van der Waals surface area contributed by atoms with E-state index in [1.807, 2.05) is 37.3 Å². The molecule has 0 aliphatic carbocycles. The van der Waals surface area contributed by atoms with Crippen molar-refractivity contribution in [3.05, 3.63) is 66.4 Å². The topological polar surface area (TPSA) is 59.1 Å².